The molecule has 0 saturated carbocycles. The van der Waals surface area contributed by atoms with Gasteiger partial charge in [-0.3, -0.25) is 0 Å². The summed E-state index contributed by atoms with van der Waals surface area (Å²) in [6.07, 6.45) is 2.34. The summed E-state index contributed by atoms with van der Waals surface area (Å²) in [5.74, 6) is 0. The molecule has 0 atom stereocenters. The maximum absolute atomic E-state index is 5.57. The molecule has 0 unspecified atom stereocenters. The van der Waals surface area contributed by atoms with Crippen molar-refractivity contribution in [2.45, 2.75) is 26.7 Å². The molecule has 0 aliphatic carbocycles. The minimum atomic E-state index is 0.837. The van der Waals surface area contributed by atoms with Gasteiger partial charge in [0.1, 0.15) is 0 Å². The summed E-state index contributed by atoms with van der Waals surface area (Å²) in [4.78, 5) is 2.18. The second kappa shape index (κ2) is 8.30. The molecule has 0 bridgehead atoms. The van der Waals surface area contributed by atoms with E-state index in [2.05, 4.69) is 45.0 Å². The summed E-state index contributed by atoms with van der Waals surface area (Å²) in [6, 6.07) is 8.06. The van der Waals surface area contributed by atoms with E-state index in [1.807, 2.05) is 12.1 Å². The Hall–Kier alpha value is -1.02. The van der Waals surface area contributed by atoms with Gasteiger partial charge in [-0.2, -0.15) is 0 Å². The SMILES string of the molecule is CCC.CN(C)CCc1ccc(N)cc1. The molecule has 1 aromatic carbocycles. The zero-order valence-corrected chi connectivity index (χ0v) is 10.5. The third-order valence-corrected chi connectivity index (χ3v) is 1.83. The van der Waals surface area contributed by atoms with Gasteiger partial charge in [0.25, 0.3) is 0 Å². The van der Waals surface area contributed by atoms with Crippen LogP contribution in [-0.2, 0) is 6.42 Å². The molecular formula is C13H24N2. The van der Waals surface area contributed by atoms with Gasteiger partial charge in [-0.25, -0.2) is 0 Å². The first-order valence-corrected chi connectivity index (χ1v) is 5.59. The molecule has 0 aromatic heterocycles. The van der Waals surface area contributed by atoms with E-state index in [1.165, 1.54) is 12.0 Å². The van der Waals surface area contributed by atoms with E-state index in [9.17, 15) is 0 Å². The van der Waals surface area contributed by atoms with E-state index < -0.39 is 0 Å². The summed E-state index contributed by atoms with van der Waals surface area (Å²) in [5, 5.41) is 0. The highest BCUT2D eigenvalue weighted by Crippen LogP contribution is 2.05. The molecule has 0 aliphatic rings. The van der Waals surface area contributed by atoms with Crippen LogP contribution in [0, 0.1) is 0 Å². The van der Waals surface area contributed by atoms with Crippen LogP contribution in [0.25, 0.3) is 0 Å². The zero-order valence-electron chi connectivity index (χ0n) is 10.5. The Kier molecular flexibility index (Phi) is 7.74. The number of hydrogen-bond donors (Lipinski definition) is 1. The van der Waals surface area contributed by atoms with Crippen molar-refractivity contribution in [2.24, 2.45) is 0 Å². The van der Waals surface area contributed by atoms with Crippen molar-refractivity contribution in [1.29, 1.82) is 0 Å². The number of rotatable bonds is 3. The highest BCUT2D eigenvalue weighted by molar-refractivity contribution is 5.39. The first kappa shape index (κ1) is 14.0. The second-order valence-corrected chi connectivity index (χ2v) is 4.00. The largest absolute Gasteiger partial charge is 0.399 e. The molecule has 15 heavy (non-hydrogen) atoms. The van der Waals surface area contributed by atoms with Crippen molar-refractivity contribution in [3.63, 3.8) is 0 Å². The standard InChI is InChI=1S/C10H16N2.C3H8/c1-12(2)8-7-9-3-5-10(11)6-4-9;1-3-2/h3-6H,7-8,11H2,1-2H3;3H2,1-2H3. The highest BCUT2D eigenvalue weighted by atomic mass is 15.0. The third kappa shape index (κ3) is 8.01. The first-order valence-electron chi connectivity index (χ1n) is 5.59. The van der Waals surface area contributed by atoms with Crippen molar-refractivity contribution in [1.82, 2.24) is 4.90 Å². The summed E-state index contributed by atoms with van der Waals surface area (Å²) in [6.45, 7) is 5.34. The minimum Gasteiger partial charge on any atom is -0.399 e. The number of nitrogens with zero attached hydrogens (tertiary/aromatic N) is 1. The van der Waals surface area contributed by atoms with Crippen LogP contribution in [0.4, 0.5) is 5.69 Å². The van der Waals surface area contributed by atoms with Crippen LogP contribution >= 0.6 is 0 Å². The van der Waals surface area contributed by atoms with E-state index in [-0.39, 0.29) is 0 Å². The topological polar surface area (TPSA) is 29.3 Å². The van der Waals surface area contributed by atoms with Gasteiger partial charge in [0, 0.05) is 12.2 Å². The average Bonchev–Trinajstić information content (AvgIpc) is 2.18. The maximum Gasteiger partial charge on any atom is 0.0314 e. The molecule has 1 rings (SSSR count). The van der Waals surface area contributed by atoms with Crippen LogP contribution in [0.1, 0.15) is 25.8 Å². The van der Waals surface area contributed by atoms with E-state index in [1.54, 1.807) is 0 Å². The van der Waals surface area contributed by atoms with E-state index in [0.717, 1.165) is 18.7 Å². The number of nitrogens with two attached hydrogens (primary N) is 1. The Morgan fingerprint density at radius 3 is 1.93 bits per heavy atom. The van der Waals surface area contributed by atoms with Gasteiger partial charge in [0.15, 0.2) is 0 Å². The van der Waals surface area contributed by atoms with Crippen molar-refractivity contribution in [3.05, 3.63) is 29.8 Å². The minimum absolute atomic E-state index is 0.837. The second-order valence-electron chi connectivity index (χ2n) is 4.00. The lowest BCUT2D eigenvalue weighted by Crippen LogP contribution is -2.14. The fraction of sp³-hybridized carbons (Fsp3) is 0.538. The molecule has 0 spiro atoms. The van der Waals surface area contributed by atoms with E-state index in [0.29, 0.717) is 0 Å². The lowest BCUT2D eigenvalue weighted by Gasteiger charge is -2.08. The number of hydrogen-bond acceptors (Lipinski definition) is 2. The molecule has 86 valence electrons. The van der Waals surface area contributed by atoms with Crippen LogP contribution in [0.5, 0.6) is 0 Å². The van der Waals surface area contributed by atoms with Crippen molar-refractivity contribution in [2.75, 3.05) is 26.4 Å². The molecular weight excluding hydrogens is 184 g/mol. The Balaban J connectivity index is 0.000000583. The van der Waals surface area contributed by atoms with Crippen molar-refractivity contribution in [3.8, 4) is 0 Å². The molecule has 0 radical (unpaired) electrons. The zero-order chi connectivity index (χ0) is 11.7. The van der Waals surface area contributed by atoms with Crippen molar-refractivity contribution < 1.29 is 0 Å². The summed E-state index contributed by atoms with van der Waals surface area (Å²) in [7, 11) is 4.16. The molecule has 2 N–H and O–H groups in total. The van der Waals surface area contributed by atoms with Gasteiger partial charge in [-0.15, -0.1) is 0 Å². The van der Waals surface area contributed by atoms with E-state index in [4.69, 9.17) is 5.73 Å². The number of nitrogen functional groups attached to an aromatic ring is 1. The monoisotopic (exact) mass is 208 g/mol. The average molecular weight is 208 g/mol. The molecule has 0 fully saturated rings. The van der Waals surface area contributed by atoms with Crippen LogP contribution < -0.4 is 5.73 Å². The third-order valence-electron chi connectivity index (χ3n) is 1.83. The predicted molar refractivity (Wildman–Crippen MR) is 69.1 cm³/mol. The highest BCUT2D eigenvalue weighted by Gasteiger charge is 1.93. The quantitative estimate of drug-likeness (QED) is 0.774. The van der Waals surface area contributed by atoms with Crippen LogP contribution in [0.3, 0.4) is 0 Å². The molecule has 2 nitrogen and oxygen atoms in total. The Morgan fingerprint density at radius 2 is 1.53 bits per heavy atom. The first-order chi connectivity index (χ1) is 7.10. The van der Waals surface area contributed by atoms with Gasteiger partial charge in [-0.1, -0.05) is 32.4 Å². The van der Waals surface area contributed by atoms with Crippen LogP contribution in [-0.4, -0.2) is 25.5 Å². The Morgan fingerprint density at radius 1 is 1.07 bits per heavy atom. The molecule has 0 aliphatic heterocycles. The smallest absolute Gasteiger partial charge is 0.0314 e. The van der Waals surface area contributed by atoms with Crippen LogP contribution in [0.2, 0.25) is 0 Å². The predicted octanol–water partition coefficient (Wildman–Crippen LogP) is 2.79. The van der Waals surface area contributed by atoms with Crippen molar-refractivity contribution >= 4 is 5.69 Å². The molecule has 0 heterocycles. The molecule has 0 amide bonds. The van der Waals surface area contributed by atoms with Gasteiger partial charge < -0.3 is 10.6 Å². The summed E-state index contributed by atoms with van der Waals surface area (Å²) >= 11 is 0. The number of benzene rings is 1. The summed E-state index contributed by atoms with van der Waals surface area (Å²) in [5.41, 5.74) is 7.75. The molecule has 0 saturated heterocycles. The van der Waals surface area contributed by atoms with Crippen LogP contribution in [0.15, 0.2) is 24.3 Å². The van der Waals surface area contributed by atoms with E-state index >= 15 is 0 Å². The number of anilines is 1. The lowest BCUT2D eigenvalue weighted by molar-refractivity contribution is 0.413. The fourth-order valence-corrected chi connectivity index (χ4v) is 1.04. The normalized spacial score (nSPS) is 9.67. The lowest BCUT2D eigenvalue weighted by atomic mass is 10.1. The Labute approximate surface area is 94.1 Å². The molecule has 1 aromatic rings. The maximum atomic E-state index is 5.57. The van der Waals surface area contributed by atoms with Gasteiger partial charge in [0.2, 0.25) is 0 Å². The summed E-state index contributed by atoms with van der Waals surface area (Å²) < 4.78 is 0. The van der Waals surface area contributed by atoms with Gasteiger partial charge in [-0.05, 0) is 38.2 Å². The number of likely N-dealkylation sites (N-methyl/N-ethyl adjacent to an activating group) is 1. The molecule has 2 heteroatoms. The fourth-order valence-electron chi connectivity index (χ4n) is 1.04. The van der Waals surface area contributed by atoms with Gasteiger partial charge in [0.05, 0.1) is 0 Å². The Bertz CT molecular complexity index is 239. The van der Waals surface area contributed by atoms with Gasteiger partial charge >= 0.3 is 0 Å².